The van der Waals surface area contributed by atoms with Crippen LogP contribution < -0.4 is 10.2 Å². The van der Waals surface area contributed by atoms with Crippen molar-refractivity contribution in [2.75, 3.05) is 30.4 Å². The first-order chi connectivity index (χ1) is 9.67. The van der Waals surface area contributed by atoms with Gasteiger partial charge in [-0.05, 0) is 37.1 Å². The number of nitrogens with zero attached hydrogens (tertiary/aromatic N) is 3. The maximum absolute atomic E-state index is 9.40. The molecule has 1 saturated carbocycles. The van der Waals surface area contributed by atoms with E-state index in [1.165, 1.54) is 0 Å². The Bertz CT molecular complexity index is 594. The minimum Gasteiger partial charge on any atom is -0.393 e. The van der Waals surface area contributed by atoms with Crippen LogP contribution in [-0.2, 0) is 0 Å². The highest BCUT2D eigenvalue weighted by Gasteiger charge is 2.28. The van der Waals surface area contributed by atoms with Crippen molar-refractivity contribution in [3.05, 3.63) is 11.4 Å². The van der Waals surface area contributed by atoms with Gasteiger partial charge < -0.3 is 15.3 Å². The highest BCUT2D eigenvalue weighted by molar-refractivity contribution is 7.16. The Morgan fingerprint density at radius 2 is 2.25 bits per heavy atom. The van der Waals surface area contributed by atoms with E-state index in [0.29, 0.717) is 11.9 Å². The zero-order chi connectivity index (χ0) is 14.1. The predicted octanol–water partition coefficient (Wildman–Crippen LogP) is 2.33. The fraction of sp³-hybridized carbons (Fsp3) is 0.571. The zero-order valence-electron chi connectivity index (χ0n) is 11.8. The molecule has 0 bridgehead atoms. The summed E-state index contributed by atoms with van der Waals surface area (Å²) >= 11 is 1.64. The Morgan fingerprint density at radius 1 is 1.45 bits per heavy atom. The number of aliphatic hydroxyl groups is 1. The second-order valence-electron chi connectivity index (χ2n) is 5.41. The SMILES string of the molecule is CCNc1nc(N(C)CC2CC(O)C2)c2ccsc2n1. The fourth-order valence-corrected chi connectivity index (χ4v) is 3.45. The minimum absolute atomic E-state index is 0.0997. The van der Waals surface area contributed by atoms with Crippen LogP contribution in [0.1, 0.15) is 19.8 Å². The molecule has 1 fully saturated rings. The molecule has 20 heavy (non-hydrogen) atoms. The Balaban J connectivity index is 1.86. The molecule has 0 atom stereocenters. The lowest BCUT2D eigenvalue weighted by Crippen LogP contribution is -2.37. The molecule has 0 spiro atoms. The highest BCUT2D eigenvalue weighted by atomic mass is 32.1. The molecule has 2 aromatic rings. The number of aromatic nitrogens is 2. The number of rotatable bonds is 5. The van der Waals surface area contributed by atoms with Crippen molar-refractivity contribution in [3.63, 3.8) is 0 Å². The van der Waals surface area contributed by atoms with Crippen LogP contribution >= 0.6 is 11.3 Å². The molecule has 2 N–H and O–H groups in total. The second-order valence-corrected chi connectivity index (χ2v) is 6.31. The lowest BCUT2D eigenvalue weighted by molar-refractivity contribution is 0.0464. The number of thiophene rings is 1. The average molecular weight is 292 g/mol. The zero-order valence-corrected chi connectivity index (χ0v) is 12.7. The molecule has 0 aromatic carbocycles. The summed E-state index contributed by atoms with van der Waals surface area (Å²) in [5.41, 5.74) is 0. The summed E-state index contributed by atoms with van der Waals surface area (Å²) in [4.78, 5) is 12.4. The van der Waals surface area contributed by atoms with E-state index in [2.05, 4.69) is 38.7 Å². The van der Waals surface area contributed by atoms with E-state index in [1.54, 1.807) is 11.3 Å². The smallest absolute Gasteiger partial charge is 0.226 e. The van der Waals surface area contributed by atoms with Crippen LogP contribution in [0.3, 0.4) is 0 Å². The average Bonchev–Trinajstić information content (AvgIpc) is 2.84. The van der Waals surface area contributed by atoms with E-state index < -0.39 is 0 Å². The molecule has 1 aliphatic carbocycles. The van der Waals surface area contributed by atoms with E-state index in [1.807, 2.05) is 6.92 Å². The highest BCUT2D eigenvalue weighted by Crippen LogP contribution is 2.32. The number of anilines is 2. The van der Waals surface area contributed by atoms with Gasteiger partial charge in [-0.2, -0.15) is 4.98 Å². The summed E-state index contributed by atoms with van der Waals surface area (Å²) in [6.07, 6.45) is 1.71. The predicted molar refractivity (Wildman–Crippen MR) is 83.6 cm³/mol. The number of fused-ring (bicyclic) bond motifs is 1. The largest absolute Gasteiger partial charge is 0.393 e. The molecule has 5 nitrogen and oxygen atoms in total. The van der Waals surface area contributed by atoms with Crippen molar-refractivity contribution in [2.45, 2.75) is 25.9 Å². The maximum atomic E-state index is 9.40. The van der Waals surface area contributed by atoms with Crippen molar-refractivity contribution in [2.24, 2.45) is 5.92 Å². The summed E-state index contributed by atoms with van der Waals surface area (Å²) < 4.78 is 0. The van der Waals surface area contributed by atoms with Crippen LogP contribution in [0, 0.1) is 5.92 Å². The third-order valence-corrected chi connectivity index (χ3v) is 4.55. The van der Waals surface area contributed by atoms with Crippen LogP contribution in [0.25, 0.3) is 10.2 Å². The van der Waals surface area contributed by atoms with E-state index in [0.717, 1.165) is 42.0 Å². The van der Waals surface area contributed by atoms with Crippen molar-refractivity contribution in [3.8, 4) is 0 Å². The Morgan fingerprint density at radius 3 is 2.95 bits per heavy atom. The summed E-state index contributed by atoms with van der Waals surface area (Å²) in [6.45, 7) is 3.79. The molecule has 108 valence electrons. The minimum atomic E-state index is -0.0997. The van der Waals surface area contributed by atoms with E-state index >= 15 is 0 Å². The van der Waals surface area contributed by atoms with Gasteiger partial charge in [0, 0.05) is 20.1 Å². The van der Waals surface area contributed by atoms with Gasteiger partial charge in [0.05, 0.1) is 11.5 Å². The maximum Gasteiger partial charge on any atom is 0.226 e. The van der Waals surface area contributed by atoms with Gasteiger partial charge in [-0.3, -0.25) is 0 Å². The van der Waals surface area contributed by atoms with Crippen molar-refractivity contribution in [1.29, 1.82) is 0 Å². The molecule has 0 aliphatic heterocycles. The molecule has 2 heterocycles. The van der Waals surface area contributed by atoms with Gasteiger partial charge in [0.25, 0.3) is 0 Å². The number of hydrogen-bond acceptors (Lipinski definition) is 6. The third kappa shape index (κ3) is 2.58. The van der Waals surface area contributed by atoms with Crippen LogP contribution in [0.2, 0.25) is 0 Å². The molecular weight excluding hydrogens is 272 g/mol. The Hall–Kier alpha value is -1.40. The normalized spacial score (nSPS) is 21.8. The number of hydrogen-bond donors (Lipinski definition) is 2. The van der Waals surface area contributed by atoms with Crippen molar-refractivity contribution >= 4 is 33.3 Å². The molecule has 1 aliphatic rings. The van der Waals surface area contributed by atoms with Gasteiger partial charge in [0.1, 0.15) is 10.6 Å². The van der Waals surface area contributed by atoms with Crippen LogP contribution in [0.5, 0.6) is 0 Å². The number of nitrogens with one attached hydrogen (secondary N) is 1. The molecule has 0 radical (unpaired) electrons. The lowest BCUT2D eigenvalue weighted by Gasteiger charge is -2.35. The first-order valence-corrected chi connectivity index (χ1v) is 7.93. The standard InChI is InChI=1S/C14H20N4OS/c1-3-15-14-16-12(11-4-5-20-13(11)17-14)18(2)8-9-6-10(19)7-9/h4-5,9-10,19H,3,6-8H2,1-2H3,(H,15,16,17). The van der Waals surface area contributed by atoms with Crippen LogP contribution in [-0.4, -0.2) is 41.3 Å². The molecule has 0 amide bonds. The van der Waals surface area contributed by atoms with Gasteiger partial charge in [-0.25, -0.2) is 4.98 Å². The van der Waals surface area contributed by atoms with Gasteiger partial charge in [0.15, 0.2) is 0 Å². The van der Waals surface area contributed by atoms with Crippen molar-refractivity contribution < 1.29 is 5.11 Å². The Labute approximate surface area is 122 Å². The van der Waals surface area contributed by atoms with E-state index in [4.69, 9.17) is 0 Å². The van der Waals surface area contributed by atoms with Gasteiger partial charge in [0.2, 0.25) is 5.95 Å². The monoisotopic (exact) mass is 292 g/mol. The molecule has 6 heteroatoms. The van der Waals surface area contributed by atoms with Crippen LogP contribution in [0.4, 0.5) is 11.8 Å². The third-order valence-electron chi connectivity index (χ3n) is 3.74. The number of aliphatic hydroxyl groups excluding tert-OH is 1. The first-order valence-electron chi connectivity index (χ1n) is 7.05. The summed E-state index contributed by atoms with van der Waals surface area (Å²) in [6, 6.07) is 2.08. The molecule has 0 unspecified atom stereocenters. The molecular formula is C14H20N4OS. The molecule has 2 aromatic heterocycles. The summed E-state index contributed by atoms with van der Waals surface area (Å²) in [5.74, 6) is 2.24. The van der Waals surface area contributed by atoms with Gasteiger partial charge in [-0.1, -0.05) is 0 Å². The lowest BCUT2D eigenvalue weighted by atomic mass is 9.82. The van der Waals surface area contributed by atoms with Crippen molar-refractivity contribution in [1.82, 2.24) is 9.97 Å². The summed E-state index contributed by atoms with van der Waals surface area (Å²) in [5, 5.41) is 15.8. The topological polar surface area (TPSA) is 61.3 Å². The van der Waals surface area contributed by atoms with Gasteiger partial charge in [-0.15, -0.1) is 11.3 Å². The fourth-order valence-electron chi connectivity index (χ4n) is 2.69. The van der Waals surface area contributed by atoms with E-state index in [-0.39, 0.29) is 6.10 Å². The first kappa shape index (κ1) is 13.6. The quantitative estimate of drug-likeness (QED) is 0.885. The van der Waals surface area contributed by atoms with Gasteiger partial charge >= 0.3 is 0 Å². The summed E-state index contributed by atoms with van der Waals surface area (Å²) in [7, 11) is 2.07. The Kier molecular flexibility index (Phi) is 3.76. The molecule has 0 saturated heterocycles. The molecule has 3 rings (SSSR count). The van der Waals surface area contributed by atoms with Crippen LogP contribution in [0.15, 0.2) is 11.4 Å². The van der Waals surface area contributed by atoms with E-state index in [9.17, 15) is 5.11 Å². The second kappa shape index (κ2) is 5.54.